The van der Waals surface area contributed by atoms with Gasteiger partial charge in [-0.05, 0) is 61.9 Å². The van der Waals surface area contributed by atoms with Gasteiger partial charge in [-0.25, -0.2) is 4.79 Å². The number of fused-ring (bicyclic) bond motifs is 1. The van der Waals surface area contributed by atoms with E-state index in [1.54, 1.807) is 19.3 Å². The van der Waals surface area contributed by atoms with Crippen molar-refractivity contribution in [1.82, 2.24) is 0 Å². The van der Waals surface area contributed by atoms with Gasteiger partial charge < -0.3 is 19.5 Å². The van der Waals surface area contributed by atoms with Gasteiger partial charge in [-0.2, -0.15) is 0 Å². The van der Waals surface area contributed by atoms with Crippen molar-refractivity contribution in [2.75, 3.05) is 26.1 Å². The lowest BCUT2D eigenvalue weighted by atomic mass is 9.95. The summed E-state index contributed by atoms with van der Waals surface area (Å²) in [5.41, 5.74) is 2.32. The van der Waals surface area contributed by atoms with Gasteiger partial charge in [0.15, 0.2) is 11.5 Å². The van der Waals surface area contributed by atoms with Crippen LogP contribution in [0.15, 0.2) is 24.3 Å². The molecule has 1 aliphatic rings. The van der Waals surface area contributed by atoms with Crippen molar-refractivity contribution in [2.24, 2.45) is 0 Å². The smallest absolute Gasteiger partial charge is 0.341 e. The highest BCUT2D eigenvalue weighted by molar-refractivity contribution is 7.17. The first-order valence-electron chi connectivity index (χ1n) is 9.60. The minimum absolute atomic E-state index is 0.304. The first-order valence-corrected chi connectivity index (χ1v) is 10.4. The summed E-state index contributed by atoms with van der Waals surface area (Å²) in [6.07, 6.45) is 7.05. The molecular formula is C22H25NO5S. The van der Waals surface area contributed by atoms with Crippen molar-refractivity contribution in [3.05, 3.63) is 45.8 Å². The Morgan fingerprint density at radius 1 is 1.17 bits per heavy atom. The van der Waals surface area contributed by atoms with E-state index in [2.05, 4.69) is 5.32 Å². The van der Waals surface area contributed by atoms with Gasteiger partial charge in [0.1, 0.15) is 5.00 Å². The average molecular weight is 416 g/mol. The molecule has 0 spiro atoms. The van der Waals surface area contributed by atoms with E-state index < -0.39 is 5.97 Å². The number of hydrogen-bond donors (Lipinski definition) is 1. The highest BCUT2D eigenvalue weighted by Gasteiger charge is 2.26. The van der Waals surface area contributed by atoms with E-state index in [-0.39, 0.29) is 5.91 Å². The van der Waals surface area contributed by atoms with Crippen LogP contribution in [0.1, 0.15) is 46.1 Å². The number of thiophene rings is 1. The van der Waals surface area contributed by atoms with Crippen molar-refractivity contribution < 1.29 is 23.8 Å². The highest BCUT2D eigenvalue weighted by atomic mass is 32.1. The normalized spacial score (nSPS) is 13.1. The number of ether oxygens (including phenoxy) is 3. The zero-order valence-corrected chi connectivity index (χ0v) is 17.7. The molecule has 7 heteroatoms. The van der Waals surface area contributed by atoms with Crippen LogP contribution in [-0.2, 0) is 22.4 Å². The average Bonchev–Trinajstić information content (AvgIpc) is 3.10. The molecule has 0 bridgehead atoms. The lowest BCUT2D eigenvalue weighted by Crippen LogP contribution is -2.13. The molecule has 2 aromatic rings. The van der Waals surface area contributed by atoms with Gasteiger partial charge in [-0.1, -0.05) is 6.07 Å². The maximum Gasteiger partial charge on any atom is 0.341 e. The summed E-state index contributed by atoms with van der Waals surface area (Å²) in [6.45, 7) is 2.45. The predicted octanol–water partition coefficient (Wildman–Crippen LogP) is 4.47. The van der Waals surface area contributed by atoms with E-state index in [4.69, 9.17) is 14.2 Å². The Hall–Kier alpha value is -2.80. The van der Waals surface area contributed by atoms with E-state index in [1.165, 1.54) is 24.5 Å². The van der Waals surface area contributed by atoms with E-state index >= 15 is 0 Å². The lowest BCUT2D eigenvalue weighted by molar-refractivity contribution is -0.111. The minimum Gasteiger partial charge on any atom is -0.493 e. The summed E-state index contributed by atoms with van der Waals surface area (Å²) >= 11 is 1.47. The third-order valence-corrected chi connectivity index (χ3v) is 5.92. The van der Waals surface area contributed by atoms with E-state index in [9.17, 15) is 9.59 Å². The molecule has 154 valence electrons. The fourth-order valence-electron chi connectivity index (χ4n) is 3.36. The molecule has 6 nitrogen and oxygen atoms in total. The predicted molar refractivity (Wildman–Crippen MR) is 114 cm³/mol. The maximum atomic E-state index is 12.5. The van der Waals surface area contributed by atoms with Crippen molar-refractivity contribution >= 4 is 34.3 Å². The van der Waals surface area contributed by atoms with E-state index in [0.717, 1.165) is 41.7 Å². The standard InChI is InChI=1S/C22H25NO5S/c1-4-28-16-11-9-14(13-17(16)26-2)10-12-19(24)23-21-20(22(25)27-3)15-7-5-6-8-18(15)29-21/h9-13H,4-8H2,1-3H3,(H,23,24). The fourth-order valence-corrected chi connectivity index (χ4v) is 4.64. The monoisotopic (exact) mass is 415 g/mol. The van der Waals surface area contributed by atoms with Gasteiger partial charge in [0, 0.05) is 11.0 Å². The van der Waals surface area contributed by atoms with Gasteiger partial charge in [0.25, 0.3) is 0 Å². The Kier molecular flexibility index (Phi) is 6.93. The molecule has 1 heterocycles. The number of anilines is 1. The SMILES string of the molecule is CCOc1ccc(C=CC(=O)Nc2sc3c(c2C(=O)OC)CCCC3)cc1OC. The minimum atomic E-state index is -0.403. The Balaban J connectivity index is 1.77. The van der Waals surface area contributed by atoms with Crippen molar-refractivity contribution in [1.29, 1.82) is 0 Å². The molecule has 0 saturated carbocycles. The molecule has 3 rings (SSSR count). The zero-order valence-electron chi connectivity index (χ0n) is 16.9. The molecule has 0 radical (unpaired) electrons. The Labute approximate surface area is 174 Å². The Bertz CT molecular complexity index is 932. The molecule has 0 unspecified atom stereocenters. The van der Waals surface area contributed by atoms with Crippen LogP contribution in [0, 0.1) is 0 Å². The third kappa shape index (κ3) is 4.79. The molecule has 1 aromatic heterocycles. The van der Waals surface area contributed by atoms with Crippen LogP contribution in [0.5, 0.6) is 11.5 Å². The second-order valence-corrected chi connectivity index (χ2v) is 7.68. The summed E-state index contributed by atoms with van der Waals surface area (Å²) in [6, 6.07) is 5.46. The lowest BCUT2D eigenvalue weighted by Gasteiger charge is -2.11. The number of esters is 1. The van der Waals surface area contributed by atoms with Crippen LogP contribution in [0.3, 0.4) is 0 Å². The van der Waals surface area contributed by atoms with Gasteiger partial charge in [-0.15, -0.1) is 11.3 Å². The van der Waals surface area contributed by atoms with E-state index in [1.807, 2.05) is 19.1 Å². The summed E-state index contributed by atoms with van der Waals surface area (Å²) in [5, 5.41) is 3.41. The molecule has 1 amide bonds. The first-order chi connectivity index (χ1) is 14.1. The second-order valence-electron chi connectivity index (χ2n) is 6.57. The first kappa shape index (κ1) is 20.9. The van der Waals surface area contributed by atoms with Crippen LogP contribution in [-0.4, -0.2) is 32.7 Å². The highest BCUT2D eigenvalue weighted by Crippen LogP contribution is 2.38. The number of carbonyl (C=O) groups excluding carboxylic acids is 2. The number of nitrogens with one attached hydrogen (secondary N) is 1. The van der Waals surface area contributed by atoms with Gasteiger partial charge in [0.2, 0.25) is 5.91 Å². The number of amides is 1. The van der Waals surface area contributed by atoms with E-state index in [0.29, 0.717) is 28.7 Å². The Morgan fingerprint density at radius 3 is 2.69 bits per heavy atom. The molecule has 0 atom stereocenters. The van der Waals surface area contributed by atoms with Crippen molar-refractivity contribution in [3.63, 3.8) is 0 Å². The zero-order chi connectivity index (χ0) is 20.8. The molecule has 0 fully saturated rings. The van der Waals surface area contributed by atoms with Crippen LogP contribution in [0.4, 0.5) is 5.00 Å². The molecular weight excluding hydrogens is 390 g/mol. The van der Waals surface area contributed by atoms with Crippen LogP contribution in [0.2, 0.25) is 0 Å². The number of rotatable bonds is 7. The molecule has 0 aliphatic heterocycles. The van der Waals surface area contributed by atoms with Crippen LogP contribution < -0.4 is 14.8 Å². The fraction of sp³-hybridized carbons (Fsp3) is 0.364. The molecule has 1 aromatic carbocycles. The number of hydrogen-bond acceptors (Lipinski definition) is 6. The second kappa shape index (κ2) is 9.60. The summed E-state index contributed by atoms with van der Waals surface area (Å²) in [4.78, 5) is 25.9. The van der Waals surface area contributed by atoms with Crippen LogP contribution in [0.25, 0.3) is 6.08 Å². The van der Waals surface area contributed by atoms with Gasteiger partial charge in [-0.3, -0.25) is 4.79 Å². The number of methoxy groups -OCH3 is 2. The number of benzene rings is 1. The third-order valence-electron chi connectivity index (χ3n) is 4.71. The Morgan fingerprint density at radius 2 is 1.97 bits per heavy atom. The summed E-state index contributed by atoms with van der Waals surface area (Å²) in [5.74, 6) is 0.554. The molecule has 29 heavy (non-hydrogen) atoms. The summed E-state index contributed by atoms with van der Waals surface area (Å²) < 4.78 is 15.8. The molecule has 0 saturated heterocycles. The quantitative estimate of drug-likeness (QED) is 0.533. The van der Waals surface area contributed by atoms with Crippen molar-refractivity contribution in [2.45, 2.75) is 32.6 Å². The van der Waals surface area contributed by atoms with Crippen molar-refractivity contribution in [3.8, 4) is 11.5 Å². The van der Waals surface area contributed by atoms with Gasteiger partial charge >= 0.3 is 5.97 Å². The largest absolute Gasteiger partial charge is 0.493 e. The summed E-state index contributed by atoms with van der Waals surface area (Å²) in [7, 11) is 2.94. The maximum absolute atomic E-state index is 12.5. The van der Waals surface area contributed by atoms with Gasteiger partial charge in [0.05, 0.1) is 26.4 Å². The topological polar surface area (TPSA) is 73.9 Å². The van der Waals surface area contributed by atoms with Crippen LogP contribution >= 0.6 is 11.3 Å². The number of carbonyl (C=O) groups is 2. The molecule has 1 aliphatic carbocycles. The molecule has 1 N–H and O–H groups in total. The number of aryl methyl sites for hydroxylation is 1.